The predicted octanol–water partition coefficient (Wildman–Crippen LogP) is 7.59. The summed E-state index contributed by atoms with van der Waals surface area (Å²) in [7, 11) is 0. The molecular formula is C22H35ClO2. The van der Waals surface area contributed by atoms with E-state index in [4.69, 9.17) is 16.3 Å². The molecule has 0 bridgehead atoms. The van der Waals surface area contributed by atoms with Crippen molar-refractivity contribution in [2.45, 2.75) is 97.0 Å². The highest BCUT2D eigenvalue weighted by atomic mass is 35.5. The van der Waals surface area contributed by atoms with Crippen LogP contribution in [0.15, 0.2) is 24.3 Å². The summed E-state index contributed by atoms with van der Waals surface area (Å²) in [5, 5.41) is 0.633. The molecule has 0 spiro atoms. The van der Waals surface area contributed by atoms with Gasteiger partial charge in [0.15, 0.2) is 0 Å². The molecule has 0 amide bonds. The summed E-state index contributed by atoms with van der Waals surface area (Å²) in [5.41, 5.74) is 0.575. The van der Waals surface area contributed by atoms with Crippen molar-refractivity contribution in [3.05, 3.63) is 34.9 Å². The Morgan fingerprint density at radius 3 is 1.92 bits per heavy atom. The molecule has 0 saturated heterocycles. The van der Waals surface area contributed by atoms with E-state index in [0.29, 0.717) is 10.6 Å². The van der Waals surface area contributed by atoms with E-state index in [2.05, 4.69) is 13.8 Å². The summed E-state index contributed by atoms with van der Waals surface area (Å²) in [5.74, 6) is -0.240. The Hall–Kier alpha value is -1.02. The first-order valence-electron chi connectivity index (χ1n) is 10.1. The molecular weight excluding hydrogens is 332 g/mol. The molecule has 25 heavy (non-hydrogen) atoms. The van der Waals surface area contributed by atoms with E-state index in [-0.39, 0.29) is 12.1 Å². The molecule has 2 nitrogen and oxygen atoms in total. The highest BCUT2D eigenvalue weighted by molar-refractivity contribution is 6.30. The number of halogens is 1. The first-order valence-corrected chi connectivity index (χ1v) is 10.5. The quantitative estimate of drug-likeness (QED) is 0.250. The zero-order valence-corrected chi connectivity index (χ0v) is 16.8. The Labute approximate surface area is 159 Å². The Balaban J connectivity index is 2.09. The van der Waals surface area contributed by atoms with Crippen LogP contribution in [0.25, 0.3) is 0 Å². The van der Waals surface area contributed by atoms with Gasteiger partial charge in [-0.3, -0.25) is 0 Å². The molecule has 1 aromatic carbocycles. The Kier molecular flexibility index (Phi) is 12.5. The van der Waals surface area contributed by atoms with Crippen molar-refractivity contribution < 1.29 is 9.53 Å². The van der Waals surface area contributed by atoms with Gasteiger partial charge in [0.05, 0.1) is 5.56 Å². The third-order valence-corrected chi connectivity index (χ3v) is 4.94. The maximum Gasteiger partial charge on any atom is 0.338 e. The summed E-state index contributed by atoms with van der Waals surface area (Å²) < 4.78 is 5.63. The van der Waals surface area contributed by atoms with Crippen molar-refractivity contribution in [3.8, 4) is 0 Å². The van der Waals surface area contributed by atoms with Crippen molar-refractivity contribution in [3.63, 3.8) is 0 Å². The summed E-state index contributed by atoms with van der Waals surface area (Å²) in [6, 6.07) is 6.89. The Morgan fingerprint density at radius 2 is 1.40 bits per heavy atom. The van der Waals surface area contributed by atoms with Crippen LogP contribution in [0, 0.1) is 0 Å². The lowest BCUT2D eigenvalue weighted by Crippen LogP contribution is -2.17. The predicted molar refractivity (Wildman–Crippen MR) is 107 cm³/mol. The molecule has 0 fully saturated rings. The molecule has 0 aliphatic rings. The topological polar surface area (TPSA) is 26.3 Å². The van der Waals surface area contributed by atoms with Gasteiger partial charge < -0.3 is 4.74 Å². The third kappa shape index (κ3) is 10.5. The largest absolute Gasteiger partial charge is 0.459 e. The molecule has 0 saturated carbocycles. The van der Waals surface area contributed by atoms with Gasteiger partial charge in [-0.15, -0.1) is 0 Å². The van der Waals surface area contributed by atoms with E-state index in [1.807, 2.05) is 0 Å². The highest BCUT2D eigenvalue weighted by Crippen LogP contribution is 2.16. The smallest absolute Gasteiger partial charge is 0.338 e. The first-order chi connectivity index (χ1) is 12.2. The van der Waals surface area contributed by atoms with Gasteiger partial charge in [-0.05, 0) is 43.5 Å². The maximum atomic E-state index is 12.1. The molecule has 3 heteroatoms. The zero-order valence-electron chi connectivity index (χ0n) is 16.1. The average Bonchev–Trinajstić information content (AvgIpc) is 2.62. The molecule has 0 aliphatic carbocycles. The van der Waals surface area contributed by atoms with Gasteiger partial charge in [-0.2, -0.15) is 0 Å². The minimum absolute atomic E-state index is 0.0252. The molecule has 0 radical (unpaired) electrons. The van der Waals surface area contributed by atoms with Crippen molar-refractivity contribution in [2.24, 2.45) is 0 Å². The summed E-state index contributed by atoms with van der Waals surface area (Å²) in [4.78, 5) is 12.1. The standard InChI is InChI=1S/C22H35ClO2/c1-3-5-6-7-8-9-10-11-12-13-14-21(4-2)25-22(24)19-15-17-20(23)18-16-19/h15-18,21H,3-14H2,1-2H3. The van der Waals surface area contributed by atoms with Crippen molar-refractivity contribution >= 4 is 17.6 Å². The number of carbonyl (C=O) groups is 1. The van der Waals surface area contributed by atoms with E-state index < -0.39 is 0 Å². The fraction of sp³-hybridized carbons (Fsp3) is 0.682. The molecule has 142 valence electrons. The summed E-state index contributed by atoms with van der Waals surface area (Å²) in [6.45, 7) is 4.34. The van der Waals surface area contributed by atoms with Crippen LogP contribution in [0.4, 0.5) is 0 Å². The maximum absolute atomic E-state index is 12.1. The number of ether oxygens (including phenoxy) is 1. The second-order valence-corrected chi connectivity index (χ2v) is 7.35. The number of benzene rings is 1. The Bertz CT molecular complexity index is 456. The van der Waals surface area contributed by atoms with E-state index >= 15 is 0 Å². The molecule has 1 rings (SSSR count). The van der Waals surface area contributed by atoms with Gasteiger partial charge in [-0.1, -0.05) is 83.2 Å². The number of hydrogen-bond donors (Lipinski definition) is 0. The SMILES string of the molecule is CCCCCCCCCCCCC(CC)OC(=O)c1ccc(Cl)cc1. The van der Waals surface area contributed by atoms with Gasteiger partial charge in [0.2, 0.25) is 0 Å². The highest BCUT2D eigenvalue weighted by Gasteiger charge is 2.14. The van der Waals surface area contributed by atoms with Gasteiger partial charge >= 0.3 is 5.97 Å². The molecule has 0 aliphatic heterocycles. The minimum atomic E-state index is -0.240. The molecule has 0 heterocycles. The van der Waals surface area contributed by atoms with E-state index in [0.717, 1.165) is 19.3 Å². The zero-order chi connectivity index (χ0) is 18.3. The van der Waals surface area contributed by atoms with Gasteiger partial charge in [0.25, 0.3) is 0 Å². The van der Waals surface area contributed by atoms with Crippen molar-refractivity contribution in [1.82, 2.24) is 0 Å². The van der Waals surface area contributed by atoms with Crippen LogP contribution in [0.2, 0.25) is 5.02 Å². The molecule has 1 unspecified atom stereocenters. The lowest BCUT2D eigenvalue weighted by atomic mass is 10.0. The average molecular weight is 367 g/mol. The number of rotatable bonds is 14. The second-order valence-electron chi connectivity index (χ2n) is 6.91. The van der Waals surface area contributed by atoms with E-state index in [9.17, 15) is 4.79 Å². The van der Waals surface area contributed by atoms with Crippen LogP contribution in [0.1, 0.15) is 101 Å². The van der Waals surface area contributed by atoms with Crippen molar-refractivity contribution in [1.29, 1.82) is 0 Å². The fourth-order valence-electron chi connectivity index (χ4n) is 3.01. The third-order valence-electron chi connectivity index (χ3n) is 4.69. The van der Waals surface area contributed by atoms with Crippen LogP contribution >= 0.6 is 11.6 Å². The molecule has 1 atom stereocenters. The lowest BCUT2D eigenvalue weighted by molar-refractivity contribution is 0.0267. The van der Waals surface area contributed by atoms with E-state index in [1.165, 1.54) is 57.8 Å². The summed E-state index contributed by atoms with van der Waals surface area (Å²) in [6.07, 6.45) is 15.1. The number of unbranched alkanes of at least 4 members (excludes halogenated alkanes) is 9. The van der Waals surface area contributed by atoms with Crippen LogP contribution in [0.3, 0.4) is 0 Å². The van der Waals surface area contributed by atoms with Gasteiger partial charge in [-0.25, -0.2) is 4.79 Å². The first kappa shape index (κ1) is 22.0. The number of carbonyl (C=O) groups excluding carboxylic acids is 1. The summed E-state index contributed by atoms with van der Waals surface area (Å²) >= 11 is 5.85. The number of hydrogen-bond acceptors (Lipinski definition) is 2. The fourth-order valence-corrected chi connectivity index (χ4v) is 3.14. The lowest BCUT2D eigenvalue weighted by Gasteiger charge is -2.16. The van der Waals surface area contributed by atoms with Crippen LogP contribution in [-0.4, -0.2) is 12.1 Å². The van der Waals surface area contributed by atoms with Crippen molar-refractivity contribution in [2.75, 3.05) is 0 Å². The molecule has 0 aromatic heterocycles. The molecule has 0 N–H and O–H groups in total. The van der Waals surface area contributed by atoms with E-state index in [1.54, 1.807) is 24.3 Å². The van der Waals surface area contributed by atoms with Crippen LogP contribution < -0.4 is 0 Å². The van der Waals surface area contributed by atoms with Crippen LogP contribution in [0.5, 0.6) is 0 Å². The monoisotopic (exact) mass is 366 g/mol. The van der Waals surface area contributed by atoms with Gasteiger partial charge in [0.1, 0.15) is 6.10 Å². The second kappa shape index (κ2) is 14.2. The number of esters is 1. The minimum Gasteiger partial charge on any atom is -0.459 e. The normalized spacial score (nSPS) is 12.1. The van der Waals surface area contributed by atoms with Gasteiger partial charge in [0, 0.05) is 5.02 Å². The molecule has 1 aromatic rings. The Morgan fingerprint density at radius 1 is 0.880 bits per heavy atom. The van der Waals surface area contributed by atoms with Crippen LogP contribution in [-0.2, 0) is 4.74 Å².